The maximum Gasteiger partial charge on any atom is 0.336 e. The maximum absolute atomic E-state index is 14.2. The lowest BCUT2D eigenvalue weighted by molar-refractivity contribution is 0.0696. The third-order valence-electron chi connectivity index (χ3n) is 5.19. The second-order valence-corrected chi connectivity index (χ2v) is 10.0. The van der Waals surface area contributed by atoms with Crippen molar-refractivity contribution in [2.45, 2.75) is 13.8 Å². The average Bonchev–Trinajstić information content (AvgIpc) is 2.78. The van der Waals surface area contributed by atoms with Gasteiger partial charge in [0.1, 0.15) is 12.9 Å². The van der Waals surface area contributed by atoms with Gasteiger partial charge in [-0.25, -0.2) is 4.79 Å². The molecule has 0 bridgehead atoms. The summed E-state index contributed by atoms with van der Waals surface area (Å²) >= 11 is 0. The number of carboxylic acids is 1. The van der Waals surface area contributed by atoms with Crippen LogP contribution in [-0.4, -0.2) is 24.3 Å². The molecular formula is C25H25O4P. The topological polar surface area (TPSA) is 63.6 Å². The Morgan fingerprint density at radius 3 is 1.97 bits per heavy atom. The van der Waals surface area contributed by atoms with E-state index in [4.69, 9.17) is 4.74 Å². The second kappa shape index (κ2) is 9.15. The summed E-state index contributed by atoms with van der Waals surface area (Å²) in [4.78, 5) is 11.8. The monoisotopic (exact) mass is 420 g/mol. The van der Waals surface area contributed by atoms with E-state index in [-0.39, 0.29) is 5.56 Å². The smallest absolute Gasteiger partial charge is 0.336 e. The van der Waals surface area contributed by atoms with Gasteiger partial charge in [-0.15, -0.1) is 0 Å². The zero-order chi connectivity index (χ0) is 21.7. The van der Waals surface area contributed by atoms with Crippen LogP contribution in [0, 0.1) is 6.92 Å². The molecule has 0 unspecified atom stereocenters. The Morgan fingerprint density at radius 1 is 0.967 bits per heavy atom. The normalized spacial score (nSPS) is 11.9. The number of methoxy groups -OCH3 is 1. The summed E-state index contributed by atoms with van der Waals surface area (Å²) in [5.41, 5.74) is 2.28. The lowest BCUT2D eigenvalue weighted by atomic mass is 9.98. The van der Waals surface area contributed by atoms with Gasteiger partial charge in [0.25, 0.3) is 0 Å². The van der Waals surface area contributed by atoms with Crippen molar-refractivity contribution in [1.29, 1.82) is 0 Å². The van der Waals surface area contributed by atoms with Crippen LogP contribution in [-0.2, 0) is 4.57 Å². The highest BCUT2D eigenvalue weighted by molar-refractivity contribution is 7.78. The number of allylic oxidation sites excluding steroid dienone is 2. The molecule has 0 aliphatic rings. The molecule has 5 heteroatoms. The van der Waals surface area contributed by atoms with E-state index in [1.165, 1.54) is 0 Å². The quantitative estimate of drug-likeness (QED) is 0.539. The Morgan fingerprint density at radius 2 is 1.50 bits per heavy atom. The standard InChI is InChI=1S/C25H25O4P/c1-18(22-17-24(29-3)19(2)16-23(22)25(26)27)14-15-30(28,20-10-6-4-7-11-20)21-12-8-5-9-13-21/h4-14,16-17H,15H2,1-3H3,(H,26,27)/b18-14-. The van der Waals surface area contributed by atoms with Gasteiger partial charge in [-0.1, -0.05) is 66.7 Å². The van der Waals surface area contributed by atoms with Crippen LogP contribution in [0.25, 0.3) is 5.57 Å². The molecule has 0 saturated heterocycles. The van der Waals surface area contributed by atoms with Crippen molar-refractivity contribution in [2.75, 3.05) is 13.3 Å². The summed E-state index contributed by atoms with van der Waals surface area (Å²) in [5.74, 6) is -0.380. The van der Waals surface area contributed by atoms with E-state index in [1.54, 1.807) is 19.2 Å². The van der Waals surface area contributed by atoms with Crippen LogP contribution in [0.5, 0.6) is 5.75 Å². The number of hydrogen-bond donors (Lipinski definition) is 1. The largest absolute Gasteiger partial charge is 0.496 e. The van der Waals surface area contributed by atoms with Crippen molar-refractivity contribution in [2.24, 2.45) is 0 Å². The minimum atomic E-state index is -2.92. The summed E-state index contributed by atoms with van der Waals surface area (Å²) in [6.07, 6.45) is 2.17. The van der Waals surface area contributed by atoms with Crippen molar-refractivity contribution in [1.82, 2.24) is 0 Å². The molecule has 0 spiro atoms. The Balaban J connectivity index is 2.08. The first-order valence-corrected chi connectivity index (χ1v) is 11.6. The molecule has 0 aliphatic heterocycles. The first-order chi connectivity index (χ1) is 14.4. The molecule has 0 amide bonds. The van der Waals surface area contributed by atoms with Crippen molar-refractivity contribution < 1.29 is 19.2 Å². The van der Waals surface area contributed by atoms with Gasteiger partial charge >= 0.3 is 5.97 Å². The van der Waals surface area contributed by atoms with Crippen molar-refractivity contribution in [3.8, 4) is 5.75 Å². The van der Waals surface area contributed by atoms with E-state index >= 15 is 0 Å². The summed E-state index contributed by atoms with van der Waals surface area (Å²) in [5, 5.41) is 11.2. The van der Waals surface area contributed by atoms with Gasteiger partial charge in [0, 0.05) is 16.8 Å². The second-order valence-electron chi connectivity index (χ2n) is 7.15. The van der Waals surface area contributed by atoms with Gasteiger partial charge in [-0.3, -0.25) is 0 Å². The summed E-state index contributed by atoms with van der Waals surface area (Å²) in [6, 6.07) is 22.2. The Kier molecular flexibility index (Phi) is 6.59. The molecule has 0 aliphatic carbocycles. The molecule has 154 valence electrons. The highest BCUT2D eigenvalue weighted by Gasteiger charge is 2.26. The van der Waals surface area contributed by atoms with Crippen molar-refractivity contribution in [3.63, 3.8) is 0 Å². The zero-order valence-electron chi connectivity index (χ0n) is 17.3. The molecule has 0 heterocycles. The van der Waals surface area contributed by atoms with E-state index < -0.39 is 13.1 Å². The van der Waals surface area contributed by atoms with Crippen LogP contribution in [0.4, 0.5) is 0 Å². The fourth-order valence-corrected chi connectivity index (χ4v) is 6.04. The molecule has 3 aromatic carbocycles. The third kappa shape index (κ3) is 4.39. The summed E-state index contributed by atoms with van der Waals surface area (Å²) in [7, 11) is -1.36. The van der Waals surface area contributed by atoms with Crippen molar-refractivity contribution >= 4 is 29.3 Å². The minimum absolute atomic E-state index is 0.205. The Hall–Kier alpha value is -3.10. The predicted octanol–water partition coefficient (Wildman–Crippen LogP) is 5.12. The van der Waals surface area contributed by atoms with Gasteiger partial charge < -0.3 is 14.4 Å². The van der Waals surface area contributed by atoms with Crippen LogP contribution >= 0.6 is 7.14 Å². The molecule has 0 atom stereocenters. The van der Waals surface area contributed by atoms with Gasteiger partial charge in [0.15, 0.2) is 0 Å². The van der Waals surface area contributed by atoms with Gasteiger partial charge in [-0.05, 0) is 42.7 Å². The van der Waals surface area contributed by atoms with E-state index in [9.17, 15) is 14.5 Å². The lowest BCUT2D eigenvalue weighted by Gasteiger charge is -2.19. The van der Waals surface area contributed by atoms with Crippen LogP contribution in [0.15, 0.2) is 78.9 Å². The fourth-order valence-electron chi connectivity index (χ4n) is 3.48. The maximum atomic E-state index is 14.2. The predicted molar refractivity (Wildman–Crippen MR) is 123 cm³/mol. The highest BCUT2D eigenvalue weighted by atomic mass is 31.2. The minimum Gasteiger partial charge on any atom is -0.496 e. The van der Waals surface area contributed by atoms with Gasteiger partial charge in [-0.2, -0.15) is 0 Å². The first-order valence-electron chi connectivity index (χ1n) is 9.66. The molecule has 1 N–H and O–H groups in total. The number of benzene rings is 3. The third-order valence-corrected chi connectivity index (χ3v) is 8.15. The van der Waals surface area contributed by atoms with Crippen LogP contribution in [0.2, 0.25) is 0 Å². The van der Waals surface area contributed by atoms with E-state index in [2.05, 4.69) is 0 Å². The fraction of sp³-hybridized carbons (Fsp3) is 0.160. The Labute approximate surface area is 177 Å². The average molecular weight is 420 g/mol. The SMILES string of the molecule is COc1cc(/C(C)=C\CP(=O)(c2ccccc2)c2ccccc2)c(C(=O)O)cc1C. The number of carboxylic acid groups (broad SMARTS) is 1. The number of aryl methyl sites for hydroxylation is 1. The molecule has 0 aromatic heterocycles. The number of hydrogen-bond acceptors (Lipinski definition) is 3. The highest BCUT2D eigenvalue weighted by Crippen LogP contribution is 2.44. The van der Waals surface area contributed by atoms with E-state index in [0.29, 0.717) is 17.5 Å². The molecule has 0 saturated carbocycles. The molecule has 3 aromatic rings. The number of aromatic carboxylic acids is 1. The van der Waals surface area contributed by atoms with Crippen LogP contribution < -0.4 is 15.3 Å². The molecule has 3 rings (SSSR count). The van der Waals surface area contributed by atoms with E-state index in [0.717, 1.165) is 21.7 Å². The summed E-state index contributed by atoms with van der Waals surface area (Å²) in [6.45, 7) is 3.66. The number of rotatable bonds is 7. The Bertz CT molecular complexity index is 1080. The lowest BCUT2D eigenvalue weighted by Crippen LogP contribution is -2.17. The van der Waals surface area contributed by atoms with Crippen molar-refractivity contribution in [3.05, 3.63) is 95.6 Å². The van der Waals surface area contributed by atoms with E-state index in [1.807, 2.05) is 80.6 Å². The molecule has 0 radical (unpaired) electrons. The number of ether oxygens (including phenoxy) is 1. The number of carbonyl (C=O) groups is 1. The van der Waals surface area contributed by atoms with Gasteiger partial charge in [0.2, 0.25) is 0 Å². The summed E-state index contributed by atoms with van der Waals surface area (Å²) < 4.78 is 19.5. The molecule has 0 fully saturated rings. The van der Waals surface area contributed by atoms with Crippen LogP contribution in [0.3, 0.4) is 0 Å². The molecule has 30 heavy (non-hydrogen) atoms. The van der Waals surface area contributed by atoms with Gasteiger partial charge in [0.05, 0.1) is 12.7 Å². The molecular weight excluding hydrogens is 395 g/mol. The zero-order valence-corrected chi connectivity index (χ0v) is 18.2. The first kappa shape index (κ1) is 21.6. The molecule has 4 nitrogen and oxygen atoms in total. The van der Waals surface area contributed by atoms with Crippen LogP contribution in [0.1, 0.15) is 28.4 Å².